The van der Waals surface area contributed by atoms with Crippen LogP contribution in [0.25, 0.3) is 0 Å². The summed E-state index contributed by atoms with van der Waals surface area (Å²) < 4.78 is 9.77. The van der Waals surface area contributed by atoms with Crippen LogP contribution < -0.4 is 4.74 Å². The van der Waals surface area contributed by atoms with Crippen LogP contribution in [0.5, 0.6) is 5.75 Å². The van der Waals surface area contributed by atoms with Crippen molar-refractivity contribution in [1.29, 1.82) is 0 Å². The van der Waals surface area contributed by atoms with Crippen LogP contribution in [0.2, 0.25) is 0 Å². The average molecular weight is 383 g/mol. The van der Waals surface area contributed by atoms with Crippen LogP contribution in [0.15, 0.2) is 54.6 Å². The molecule has 0 saturated carbocycles. The molecule has 0 heterocycles. The second-order valence-corrected chi connectivity index (χ2v) is 6.32. The minimum absolute atomic E-state index is 0.0296. The van der Waals surface area contributed by atoms with Gasteiger partial charge in [0, 0.05) is 24.9 Å². The molecule has 6 nitrogen and oxygen atoms in total. The number of carbonyl (C=O) groups excluding carboxylic acids is 3. The highest BCUT2D eigenvalue weighted by Crippen LogP contribution is 2.15. The Morgan fingerprint density at radius 3 is 2.18 bits per heavy atom. The minimum atomic E-state index is -0.474. The van der Waals surface area contributed by atoms with E-state index in [0.29, 0.717) is 24.3 Å². The van der Waals surface area contributed by atoms with Gasteiger partial charge in [0.1, 0.15) is 12.3 Å². The average Bonchev–Trinajstić information content (AvgIpc) is 2.73. The fraction of sp³-hybridized carbons (Fsp3) is 0.318. The van der Waals surface area contributed by atoms with Crippen LogP contribution in [-0.4, -0.2) is 43.3 Å². The highest BCUT2D eigenvalue weighted by Gasteiger charge is 2.18. The predicted molar refractivity (Wildman–Crippen MR) is 105 cm³/mol. The molecule has 0 fully saturated rings. The molecule has 6 heteroatoms. The lowest BCUT2D eigenvalue weighted by molar-refractivity contribution is -0.147. The number of ether oxygens (including phenoxy) is 2. The molecule has 0 bridgehead atoms. The Labute approximate surface area is 165 Å². The van der Waals surface area contributed by atoms with E-state index >= 15 is 0 Å². The van der Waals surface area contributed by atoms with E-state index < -0.39 is 5.97 Å². The molecule has 1 amide bonds. The zero-order valence-electron chi connectivity index (χ0n) is 16.2. The molecule has 0 saturated heterocycles. The molecule has 0 N–H and O–H groups in total. The standard InChI is InChI=1S/C22H25NO5/c1-27-19-13-11-18(12-14-19)20(24)9-6-10-21(25)23(16-22(26)28-2)15-17-7-4-3-5-8-17/h3-5,7-8,11-14H,6,9-10,15-16H2,1-2H3. The summed E-state index contributed by atoms with van der Waals surface area (Å²) in [6, 6.07) is 16.3. The first-order valence-corrected chi connectivity index (χ1v) is 9.09. The molecule has 148 valence electrons. The van der Waals surface area contributed by atoms with Crippen molar-refractivity contribution in [1.82, 2.24) is 4.90 Å². The van der Waals surface area contributed by atoms with E-state index in [1.807, 2.05) is 30.3 Å². The normalized spacial score (nSPS) is 10.2. The first-order chi connectivity index (χ1) is 13.5. The van der Waals surface area contributed by atoms with Gasteiger partial charge in [-0.15, -0.1) is 0 Å². The monoisotopic (exact) mass is 383 g/mol. The maximum Gasteiger partial charge on any atom is 0.325 e. The van der Waals surface area contributed by atoms with Crippen molar-refractivity contribution >= 4 is 17.7 Å². The van der Waals surface area contributed by atoms with Crippen LogP contribution in [0, 0.1) is 0 Å². The van der Waals surface area contributed by atoms with Gasteiger partial charge in [0.2, 0.25) is 5.91 Å². The fourth-order valence-electron chi connectivity index (χ4n) is 2.74. The predicted octanol–water partition coefficient (Wildman–Crippen LogP) is 3.25. The summed E-state index contributed by atoms with van der Waals surface area (Å²) in [5.41, 5.74) is 1.51. The Morgan fingerprint density at radius 1 is 0.893 bits per heavy atom. The van der Waals surface area contributed by atoms with Gasteiger partial charge in [0.05, 0.1) is 14.2 Å². The largest absolute Gasteiger partial charge is 0.497 e. The first kappa shape index (κ1) is 21.2. The number of Topliss-reactive ketones (excluding diaryl/α,β-unsaturated/α-hetero) is 1. The Balaban J connectivity index is 1.90. The zero-order valence-corrected chi connectivity index (χ0v) is 16.2. The highest BCUT2D eigenvalue weighted by atomic mass is 16.5. The van der Waals surface area contributed by atoms with Gasteiger partial charge in [-0.25, -0.2) is 0 Å². The molecule has 28 heavy (non-hydrogen) atoms. The Kier molecular flexibility index (Phi) is 8.21. The van der Waals surface area contributed by atoms with Gasteiger partial charge in [-0.1, -0.05) is 30.3 Å². The van der Waals surface area contributed by atoms with Crippen LogP contribution in [-0.2, 0) is 20.9 Å². The molecular formula is C22H25NO5. The number of nitrogens with zero attached hydrogens (tertiary/aromatic N) is 1. The third-order valence-electron chi connectivity index (χ3n) is 4.32. The number of benzene rings is 2. The van der Waals surface area contributed by atoms with Gasteiger partial charge in [-0.2, -0.15) is 0 Å². The Morgan fingerprint density at radius 2 is 1.57 bits per heavy atom. The van der Waals surface area contributed by atoms with E-state index in [1.165, 1.54) is 12.0 Å². The van der Waals surface area contributed by atoms with E-state index in [4.69, 9.17) is 9.47 Å². The number of amides is 1. The van der Waals surface area contributed by atoms with Crippen LogP contribution >= 0.6 is 0 Å². The van der Waals surface area contributed by atoms with Crippen molar-refractivity contribution in [2.24, 2.45) is 0 Å². The molecule has 0 aromatic heterocycles. The number of methoxy groups -OCH3 is 2. The van der Waals surface area contributed by atoms with Gasteiger partial charge >= 0.3 is 5.97 Å². The Bertz CT molecular complexity index is 786. The van der Waals surface area contributed by atoms with E-state index in [1.54, 1.807) is 31.4 Å². The van der Waals surface area contributed by atoms with Crippen molar-refractivity contribution in [3.05, 3.63) is 65.7 Å². The summed E-state index contributed by atoms with van der Waals surface area (Å²) in [6.45, 7) is 0.206. The zero-order chi connectivity index (χ0) is 20.4. The third-order valence-corrected chi connectivity index (χ3v) is 4.32. The smallest absolute Gasteiger partial charge is 0.325 e. The number of ketones is 1. The van der Waals surface area contributed by atoms with E-state index in [-0.39, 0.29) is 31.1 Å². The van der Waals surface area contributed by atoms with E-state index in [2.05, 4.69) is 0 Å². The molecule has 0 atom stereocenters. The minimum Gasteiger partial charge on any atom is -0.497 e. The van der Waals surface area contributed by atoms with Crippen molar-refractivity contribution in [2.45, 2.75) is 25.8 Å². The first-order valence-electron chi connectivity index (χ1n) is 9.09. The number of hydrogen-bond acceptors (Lipinski definition) is 5. The SMILES string of the molecule is COC(=O)CN(Cc1ccccc1)C(=O)CCCC(=O)c1ccc(OC)cc1. The summed E-state index contributed by atoms with van der Waals surface area (Å²) in [5.74, 6) is -0.000466. The maximum absolute atomic E-state index is 12.6. The van der Waals surface area contributed by atoms with E-state index in [0.717, 1.165) is 5.56 Å². The van der Waals surface area contributed by atoms with Gasteiger partial charge in [0.15, 0.2) is 5.78 Å². The van der Waals surface area contributed by atoms with Crippen molar-refractivity contribution in [3.8, 4) is 5.75 Å². The quantitative estimate of drug-likeness (QED) is 0.465. The molecule has 2 rings (SSSR count). The summed E-state index contributed by atoms with van der Waals surface area (Å²) in [5, 5.41) is 0. The number of rotatable bonds is 10. The molecule has 2 aromatic rings. The summed E-state index contributed by atoms with van der Waals surface area (Å²) in [7, 11) is 2.86. The summed E-state index contributed by atoms with van der Waals surface area (Å²) in [6.07, 6.45) is 0.858. The third kappa shape index (κ3) is 6.54. The lowest BCUT2D eigenvalue weighted by Gasteiger charge is -2.21. The highest BCUT2D eigenvalue weighted by molar-refractivity contribution is 5.96. The van der Waals surface area contributed by atoms with Gasteiger partial charge < -0.3 is 14.4 Å². The number of esters is 1. The summed E-state index contributed by atoms with van der Waals surface area (Å²) in [4.78, 5) is 38.0. The Hall–Kier alpha value is -3.15. The molecule has 0 unspecified atom stereocenters. The molecule has 0 aliphatic heterocycles. The van der Waals surface area contributed by atoms with Gasteiger partial charge in [-0.05, 0) is 36.2 Å². The van der Waals surface area contributed by atoms with Crippen molar-refractivity contribution in [2.75, 3.05) is 20.8 Å². The van der Waals surface area contributed by atoms with Crippen LogP contribution in [0.3, 0.4) is 0 Å². The topological polar surface area (TPSA) is 72.9 Å². The molecule has 0 aliphatic carbocycles. The molecule has 0 aliphatic rings. The van der Waals surface area contributed by atoms with Crippen LogP contribution in [0.4, 0.5) is 0 Å². The van der Waals surface area contributed by atoms with Crippen LogP contribution in [0.1, 0.15) is 35.2 Å². The lowest BCUT2D eigenvalue weighted by atomic mass is 10.0. The molecule has 0 spiro atoms. The second-order valence-electron chi connectivity index (χ2n) is 6.32. The maximum atomic E-state index is 12.6. The summed E-state index contributed by atoms with van der Waals surface area (Å²) >= 11 is 0. The van der Waals surface area contributed by atoms with Gasteiger partial charge in [0.25, 0.3) is 0 Å². The molecule has 2 aromatic carbocycles. The number of carbonyl (C=O) groups is 3. The van der Waals surface area contributed by atoms with Crippen molar-refractivity contribution < 1.29 is 23.9 Å². The second kappa shape index (κ2) is 10.9. The van der Waals surface area contributed by atoms with E-state index in [9.17, 15) is 14.4 Å². The fourth-order valence-corrected chi connectivity index (χ4v) is 2.74. The van der Waals surface area contributed by atoms with Gasteiger partial charge in [-0.3, -0.25) is 14.4 Å². The number of hydrogen-bond donors (Lipinski definition) is 0. The van der Waals surface area contributed by atoms with Crippen molar-refractivity contribution in [3.63, 3.8) is 0 Å². The molecule has 0 radical (unpaired) electrons. The molecular weight excluding hydrogens is 358 g/mol. The lowest BCUT2D eigenvalue weighted by Crippen LogP contribution is -2.35.